The molecule has 1 saturated carbocycles. The van der Waals surface area contributed by atoms with Gasteiger partial charge in [-0.1, -0.05) is 18.2 Å². The van der Waals surface area contributed by atoms with Gasteiger partial charge in [-0.2, -0.15) is 4.31 Å². The van der Waals surface area contributed by atoms with Crippen LogP contribution in [0.5, 0.6) is 0 Å². The van der Waals surface area contributed by atoms with Gasteiger partial charge in [0.25, 0.3) is 0 Å². The van der Waals surface area contributed by atoms with Crippen LogP contribution >= 0.6 is 0 Å². The van der Waals surface area contributed by atoms with Gasteiger partial charge in [-0.25, -0.2) is 8.42 Å². The number of rotatable bonds is 7. The van der Waals surface area contributed by atoms with Gasteiger partial charge < -0.3 is 4.57 Å². The SMILES string of the molecule is CC(=O)Cn1c(C)c(Cc2ccccc2S(=O)(=O)N2CCCC2)c(C)c1C1CC1. The lowest BCUT2D eigenvalue weighted by Gasteiger charge is -2.18. The molecule has 6 heteroatoms. The molecular weight excluding hydrogens is 384 g/mol. The van der Waals surface area contributed by atoms with E-state index in [1.54, 1.807) is 17.3 Å². The molecule has 156 valence electrons. The topological polar surface area (TPSA) is 59.4 Å². The third-order valence-electron chi connectivity index (χ3n) is 6.34. The number of aromatic nitrogens is 1. The number of hydrogen-bond donors (Lipinski definition) is 0. The Bertz CT molecular complexity index is 1040. The average Bonchev–Trinajstić information content (AvgIpc) is 3.28. The van der Waals surface area contributed by atoms with E-state index in [0.717, 1.165) is 29.7 Å². The minimum absolute atomic E-state index is 0.147. The maximum Gasteiger partial charge on any atom is 0.243 e. The standard InChI is InChI=1S/C23H30N2O3S/c1-16(26)15-25-18(3)21(17(2)23(25)19-10-11-19)14-20-8-4-5-9-22(20)29(27,28)24-12-6-7-13-24/h4-5,8-9,19H,6-7,10-15H2,1-3H3. The molecule has 0 unspecified atom stereocenters. The second-order valence-corrected chi connectivity index (χ2v) is 10.4. The highest BCUT2D eigenvalue weighted by molar-refractivity contribution is 7.89. The molecule has 29 heavy (non-hydrogen) atoms. The van der Waals surface area contributed by atoms with Gasteiger partial charge in [0.05, 0.1) is 11.4 Å². The van der Waals surface area contributed by atoms with E-state index in [-0.39, 0.29) is 5.78 Å². The lowest BCUT2D eigenvalue weighted by molar-refractivity contribution is -0.117. The molecule has 2 aromatic rings. The van der Waals surface area contributed by atoms with E-state index >= 15 is 0 Å². The first-order valence-electron chi connectivity index (χ1n) is 10.6. The summed E-state index contributed by atoms with van der Waals surface area (Å²) in [6.07, 6.45) is 4.77. The molecule has 5 nitrogen and oxygen atoms in total. The van der Waals surface area contributed by atoms with Crippen LogP contribution in [0.25, 0.3) is 0 Å². The number of carbonyl (C=O) groups excluding carboxylic acids is 1. The fraction of sp³-hybridized carbons (Fsp3) is 0.522. The Labute approximate surface area is 173 Å². The van der Waals surface area contributed by atoms with E-state index in [9.17, 15) is 13.2 Å². The summed E-state index contributed by atoms with van der Waals surface area (Å²) in [4.78, 5) is 12.3. The van der Waals surface area contributed by atoms with Crippen molar-refractivity contribution < 1.29 is 13.2 Å². The van der Waals surface area contributed by atoms with E-state index in [1.165, 1.54) is 24.1 Å². The van der Waals surface area contributed by atoms with Gasteiger partial charge in [0, 0.05) is 30.9 Å². The Hall–Kier alpha value is -1.92. The van der Waals surface area contributed by atoms with Crippen molar-refractivity contribution in [3.05, 3.63) is 52.3 Å². The molecule has 0 N–H and O–H groups in total. The lowest BCUT2D eigenvalue weighted by Crippen LogP contribution is -2.28. The first-order chi connectivity index (χ1) is 13.8. The van der Waals surface area contributed by atoms with Gasteiger partial charge in [0.15, 0.2) is 0 Å². The Morgan fingerprint density at radius 2 is 1.76 bits per heavy atom. The maximum atomic E-state index is 13.2. The second kappa shape index (κ2) is 7.73. The fourth-order valence-electron chi connectivity index (χ4n) is 4.70. The van der Waals surface area contributed by atoms with Crippen molar-refractivity contribution >= 4 is 15.8 Å². The zero-order chi connectivity index (χ0) is 20.8. The molecule has 1 aliphatic carbocycles. The van der Waals surface area contributed by atoms with E-state index in [2.05, 4.69) is 18.4 Å². The van der Waals surface area contributed by atoms with Crippen LogP contribution in [0.4, 0.5) is 0 Å². The summed E-state index contributed by atoms with van der Waals surface area (Å²) in [5.74, 6) is 0.680. The Kier molecular flexibility index (Phi) is 5.42. The normalized spacial score (nSPS) is 17.8. The highest BCUT2D eigenvalue weighted by Gasteiger charge is 2.33. The van der Waals surface area contributed by atoms with Crippen molar-refractivity contribution in [2.75, 3.05) is 13.1 Å². The van der Waals surface area contributed by atoms with Crippen LogP contribution in [-0.2, 0) is 27.8 Å². The van der Waals surface area contributed by atoms with E-state index in [1.807, 2.05) is 18.2 Å². The summed E-state index contributed by atoms with van der Waals surface area (Å²) in [6.45, 7) is 7.43. The molecule has 1 aromatic heterocycles. The Morgan fingerprint density at radius 3 is 2.38 bits per heavy atom. The van der Waals surface area contributed by atoms with E-state index < -0.39 is 10.0 Å². The number of sulfonamides is 1. The van der Waals surface area contributed by atoms with Crippen molar-refractivity contribution in [1.29, 1.82) is 0 Å². The lowest BCUT2D eigenvalue weighted by atomic mass is 10.0. The summed E-state index contributed by atoms with van der Waals surface area (Å²) >= 11 is 0. The molecule has 2 heterocycles. The van der Waals surface area contributed by atoms with Crippen LogP contribution < -0.4 is 0 Å². The zero-order valence-corrected chi connectivity index (χ0v) is 18.4. The van der Waals surface area contributed by atoms with Crippen LogP contribution in [0.15, 0.2) is 29.2 Å². The van der Waals surface area contributed by atoms with Crippen LogP contribution in [0.3, 0.4) is 0 Å². The zero-order valence-electron chi connectivity index (χ0n) is 17.6. The van der Waals surface area contributed by atoms with Gasteiger partial charge in [-0.3, -0.25) is 4.79 Å². The van der Waals surface area contributed by atoms with Gasteiger partial charge >= 0.3 is 0 Å². The quantitative estimate of drug-likeness (QED) is 0.689. The highest BCUT2D eigenvalue weighted by Crippen LogP contribution is 2.44. The summed E-state index contributed by atoms with van der Waals surface area (Å²) < 4.78 is 30.2. The summed E-state index contributed by atoms with van der Waals surface area (Å²) in [6, 6.07) is 7.39. The largest absolute Gasteiger partial charge is 0.341 e. The third kappa shape index (κ3) is 3.80. The van der Waals surface area contributed by atoms with Crippen LogP contribution in [0, 0.1) is 13.8 Å². The predicted octanol–water partition coefficient (Wildman–Crippen LogP) is 3.95. The molecule has 0 bridgehead atoms. The second-order valence-electron chi connectivity index (χ2n) is 8.53. The minimum Gasteiger partial charge on any atom is -0.341 e. The molecular formula is C23H30N2O3S. The van der Waals surface area contributed by atoms with Gasteiger partial charge in [0.1, 0.15) is 5.78 Å². The third-order valence-corrected chi connectivity index (χ3v) is 8.34. The summed E-state index contributed by atoms with van der Waals surface area (Å²) in [5, 5.41) is 0. The molecule has 1 aliphatic heterocycles. The number of carbonyl (C=O) groups is 1. The number of ketones is 1. The smallest absolute Gasteiger partial charge is 0.243 e. The Morgan fingerprint density at radius 1 is 1.10 bits per heavy atom. The number of benzene rings is 1. The number of nitrogens with zero attached hydrogens (tertiary/aromatic N) is 2. The van der Waals surface area contributed by atoms with Crippen molar-refractivity contribution in [1.82, 2.24) is 8.87 Å². The number of hydrogen-bond acceptors (Lipinski definition) is 3. The maximum absolute atomic E-state index is 13.2. The van der Waals surface area contributed by atoms with Crippen LogP contribution in [0.2, 0.25) is 0 Å². The van der Waals surface area contributed by atoms with Crippen molar-refractivity contribution in [2.24, 2.45) is 0 Å². The van der Waals surface area contributed by atoms with E-state index in [4.69, 9.17) is 0 Å². The molecule has 2 aliphatic rings. The summed E-state index contributed by atoms with van der Waals surface area (Å²) in [5.41, 5.74) is 5.59. The highest BCUT2D eigenvalue weighted by atomic mass is 32.2. The van der Waals surface area contributed by atoms with Crippen LogP contribution in [-0.4, -0.2) is 36.2 Å². The molecule has 2 fully saturated rings. The molecule has 0 radical (unpaired) electrons. The molecule has 1 saturated heterocycles. The Balaban J connectivity index is 1.75. The fourth-order valence-corrected chi connectivity index (χ4v) is 6.44. The van der Waals surface area contributed by atoms with Gasteiger partial charge in [0.2, 0.25) is 10.0 Å². The average molecular weight is 415 g/mol. The molecule has 1 aromatic carbocycles. The van der Waals surface area contributed by atoms with Crippen molar-refractivity contribution in [3.8, 4) is 0 Å². The van der Waals surface area contributed by atoms with E-state index in [0.29, 0.717) is 36.9 Å². The molecule has 0 amide bonds. The first kappa shape index (κ1) is 20.4. The van der Waals surface area contributed by atoms with Gasteiger partial charge in [-0.05, 0) is 75.1 Å². The summed E-state index contributed by atoms with van der Waals surface area (Å²) in [7, 11) is -3.47. The molecule has 0 spiro atoms. The van der Waals surface area contributed by atoms with Crippen molar-refractivity contribution in [3.63, 3.8) is 0 Å². The predicted molar refractivity (Wildman–Crippen MR) is 114 cm³/mol. The first-order valence-corrected chi connectivity index (χ1v) is 12.0. The van der Waals surface area contributed by atoms with Gasteiger partial charge in [-0.15, -0.1) is 0 Å². The van der Waals surface area contributed by atoms with Crippen molar-refractivity contribution in [2.45, 2.75) is 70.2 Å². The number of Topliss-reactive ketones (excluding diaryl/α,β-unsaturated/α-hetero) is 1. The van der Waals surface area contributed by atoms with Crippen LogP contribution in [0.1, 0.15) is 66.6 Å². The minimum atomic E-state index is -3.47. The molecule has 0 atom stereocenters. The monoisotopic (exact) mass is 414 g/mol. The molecule has 4 rings (SSSR count).